The van der Waals surface area contributed by atoms with Gasteiger partial charge in [-0.05, 0) is 32.3 Å². The summed E-state index contributed by atoms with van der Waals surface area (Å²) in [6, 6.07) is 0. The van der Waals surface area contributed by atoms with Gasteiger partial charge in [-0.2, -0.15) is 0 Å². The lowest BCUT2D eigenvalue weighted by molar-refractivity contribution is -0.124. The Balaban J connectivity index is 1.81. The number of nitrogens with zero attached hydrogens (tertiary/aromatic N) is 1. The Kier molecular flexibility index (Phi) is 4.99. The predicted molar refractivity (Wildman–Crippen MR) is 90.2 cm³/mol. The summed E-state index contributed by atoms with van der Waals surface area (Å²) in [4.78, 5) is 28.1. The van der Waals surface area contributed by atoms with Crippen LogP contribution < -0.4 is 10.6 Å². The van der Waals surface area contributed by atoms with Gasteiger partial charge < -0.3 is 20.3 Å². The second kappa shape index (κ2) is 6.98. The molecule has 2 N–H and O–H groups in total. The molecule has 0 aliphatic carbocycles. The lowest BCUT2D eigenvalue weighted by Gasteiger charge is -2.28. The number of thiophene rings is 1. The summed E-state index contributed by atoms with van der Waals surface area (Å²) in [5, 5.41) is 6.83. The second-order valence-electron chi connectivity index (χ2n) is 6.02. The Morgan fingerprint density at radius 3 is 2.70 bits per heavy atom. The predicted octanol–water partition coefficient (Wildman–Crippen LogP) is 1.53. The average molecular weight is 337 g/mol. The molecule has 1 atom stereocenters. The molecule has 0 spiro atoms. The third-order valence-electron chi connectivity index (χ3n) is 4.46. The number of hydrogen-bond acceptors (Lipinski definition) is 5. The molecule has 0 bridgehead atoms. The Hall–Kier alpha value is -1.44. The number of hydrogen-bond donors (Lipinski definition) is 2. The molecule has 0 aromatic carbocycles. The molecule has 6 nitrogen and oxygen atoms in total. The number of rotatable bonds is 3. The van der Waals surface area contributed by atoms with Gasteiger partial charge in [-0.25, -0.2) is 0 Å². The van der Waals surface area contributed by atoms with E-state index in [0.29, 0.717) is 30.3 Å². The number of carbonyl (C=O) groups is 2. The van der Waals surface area contributed by atoms with Crippen molar-refractivity contribution in [2.24, 2.45) is 0 Å². The fourth-order valence-corrected chi connectivity index (χ4v) is 4.03. The zero-order chi connectivity index (χ0) is 16.4. The summed E-state index contributed by atoms with van der Waals surface area (Å²) in [6.45, 7) is 7.59. The topological polar surface area (TPSA) is 70.7 Å². The van der Waals surface area contributed by atoms with E-state index in [1.807, 2.05) is 18.7 Å². The van der Waals surface area contributed by atoms with Crippen molar-refractivity contribution in [1.82, 2.24) is 10.2 Å². The lowest BCUT2D eigenvalue weighted by atomic mass is 10.1. The molecule has 0 radical (unpaired) electrons. The van der Waals surface area contributed by atoms with Crippen LogP contribution in [0.1, 0.15) is 33.6 Å². The first-order valence-corrected chi connectivity index (χ1v) is 8.92. The number of aryl methyl sites for hydroxylation is 1. The van der Waals surface area contributed by atoms with Crippen molar-refractivity contribution in [2.45, 2.75) is 32.8 Å². The number of ether oxygens (including phenoxy) is 1. The van der Waals surface area contributed by atoms with Gasteiger partial charge in [0.2, 0.25) is 0 Å². The van der Waals surface area contributed by atoms with Crippen molar-refractivity contribution in [1.29, 1.82) is 0 Å². The Labute approximate surface area is 140 Å². The van der Waals surface area contributed by atoms with Crippen molar-refractivity contribution in [2.75, 3.05) is 38.1 Å². The van der Waals surface area contributed by atoms with Crippen LogP contribution in [-0.4, -0.2) is 55.6 Å². The minimum atomic E-state index is -0.389. The van der Waals surface area contributed by atoms with Gasteiger partial charge in [-0.15, -0.1) is 11.3 Å². The number of carbonyl (C=O) groups excluding carboxylic acids is 2. The maximum atomic E-state index is 12.9. The third kappa shape index (κ3) is 3.41. The summed E-state index contributed by atoms with van der Waals surface area (Å²) >= 11 is 1.47. The standard InChI is InChI=1S/C16H23N3O3S/c1-10-11(2)23-15(18-14(20)12-4-3-9-22-12)13(10)16(21)19-7-5-17-6-8-19/h12,17H,3-9H2,1-2H3,(H,18,20). The van der Waals surface area contributed by atoms with Gasteiger partial charge in [0, 0.05) is 37.7 Å². The highest BCUT2D eigenvalue weighted by Crippen LogP contribution is 2.34. The van der Waals surface area contributed by atoms with Gasteiger partial charge in [0.05, 0.1) is 5.56 Å². The molecule has 126 valence electrons. The smallest absolute Gasteiger partial charge is 0.257 e. The maximum Gasteiger partial charge on any atom is 0.257 e. The van der Waals surface area contributed by atoms with Crippen molar-refractivity contribution in [3.8, 4) is 0 Å². The highest BCUT2D eigenvalue weighted by Gasteiger charge is 2.29. The van der Waals surface area contributed by atoms with Crippen LogP contribution in [0.4, 0.5) is 5.00 Å². The molecule has 2 aliphatic heterocycles. The molecule has 0 saturated carbocycles. The summed E-state index contributed by atoms with van der Waals surface area (Å²) in [7, 11) is 0. The molecule has 2 fully saturated rings. The van der Waals surface area contributed by atoms with E-state index in [4.69, 9.17) is 4.74 Å². The highest BCUT2D eigenvalue weighted by atomic mass is 32.1. The van der Waals surface area contributed by atoms with Crippen LogP contribution in [0.3, 0.4) is 0 Å². The van der Waals surface area contributed by atoms with Crippen LogP contribution in [0.2, 0.25) is 0 Å². The molecule has 7 heteroatoms. The first kappa shape index (κ1) is 16.4. The van der Waals surface area contributed by atoms with Crippen LogP contribution >= 0.6 is 11.3 Å². The van der Waals surface area contributed by atoms with E-state index in [0.717, 1.165) is 36.4 Å². The second-order valence-corrected chi connectivity index (χ2v) is 7.25. The molecule has 2 saturated heterocycles. The molecule has 2 aliphatic rings. The Morgan fingerprint density at radius 2 is 2.04 bits per heavy atom. The lowest BCUT2D eigenvalue weighted by Crippen LogP contribution is -2.46. The SMILES string of the molecule is Cc1sc(NC(=O)C2CCCO2)c(C(=O)N2CCNCC2)c1C. The van der Waals surface area contributed by atoms with Crippen LogP contribution in [0.15, 0.2) is 0 Å². The van der Waals surface area contributed by atoms with E-state index >= 15 is 0 Å². The molecule has 23 heavy (non-hydrogen) atoms. The number of nitrogens with one attached hydrogen (secondary N) is 2. The molecule has 1 aromatic rings. The third-order valence-corrected chi connectivity index (χ3v) is 5.58. The average Bonchev–Trinajstić information content (AvgIpc) is 3.17. The molecule has 1 unspecified atom stereocenters. The molecular formula is C16H23N3O3S. The first-order chi connectivity index (χ1) is 11.1. The van der Waals surface area contributed by atoms with Crippen molar-refractivity contribution in [3.63, 3.8) is 0 Å². The number of anilines is 1. The number of amides is 2. The summed E-state index contributed by atoms with van der Waals surface area (Å²) in [6.07, 6.45) is 1.27. The van der Waals surface area contributed by atoms with Crippen molar-refractivity contribution in [3.05, 3.63) is 16.0 Å². The monoisotopic (exact) mass is 337 g/mol. The van der Waals surface area contributed by atoms with E-state index in [1.165, 1.54) is 11.3 Å². The van der Waals surface area contributed by atoms with E-state index < -0.39 is 0 Å². The minimum Gasteiger partial charge on any atom is -0.368 e. The van der Waals surface area contributed by atoms with Crippen LogP contribution in [0.5, 0.6) is 0 Å². The Morgan fingerprint density at radius 1 is 1.30 bits per heavy atom. The number of piperazine rings is 1. The fourth-order valence-electron chi connectivity index (χ4n) is 2.98. The Bertz CT molecular complexity index is 602. The van der Waals surface area contributed by atoms with E-state index in [9.17, 15) is 9.59 Å². The van der Waals surface area contributed by atoms with E-state index in [1.54, 1.807) is 0 Å². The fraction of sp³-hybridized carbons (Fsp3) is 0.625. The quantitative estimate of drug-likeness (QED) is 0.877. The van der Waals surface area contributed by atoms with Gasteiger partial charge in [0.1, 0.15) is 11.1 Å². The zero-order valence-electron chi connectivity index (χ0n) is 13.6. The maximum absolute atomic E-state index is 12.9. The van der Waals surface area contributed by atoms with Crippen molar-refractivity contribution < 1.29 is 14.3 Å². The first-order valence-electron chi connectivity index (χ1n) is 8.10. The van der Waals surface area contributed by atoms with Gasteiger partial charge >= 0.3 is 0 Å². The molecule has 3 heterocycles. The van der Waals surface area contributed by atoms with E-state index in [2.05, 4.69) is 10.6 Å². The summed E-state index contributed by atoms with van der Waals surface area (Å²) in [5.74, 6) is -0.130. The zero-order valence-corrected chi connectivity index (χ0v) is 14.4. The van der Waals surface area contributed by atoms with Gasteiger partial charge in [-0.3, -0.25) is 9.59 Å². The van der Waals surface area contributed by atoms with Gasteiger partial charge in [0.25, 0.3) is 11.8 Å². The molecule has 2 amide bonds. The van der Waals surface area contributed by atoms with Crippen LogP contribution in [-0.2, 0) is 9.53 Å². The van der Waals surface area contributed by atoms with Crippen LogP contribution in [0, 0.1) is 13.8 Å². The van der Waals surface area contributed by atoms with Crippen molar-refractivity contribution >= 4 is 28.2 Å². The van der Waals surface area contributed by atoms with E-state index in [-0.39, 0.29) is 17.9 Å². The van der Waals surface area contributed by atoms with Gasteiger partial charge in [0.15, 0.2) is 0 Å². The van der Waals surface area contributed by atoms with Crippen LogP contribution in [0.25, 0.3) is 0 Å². The molecule has 1 aromatic heterocycles. The molecule has 3 rings (SSSR count). The van der Waals surface area contributed by atoms with Gasteiger partial charge in [-0.1, -0.05) is 0 Å². The summed E-state index contributed by atoms with van der Waals surface area (Å²) < 4.78 is 5.43. The largest absolute Gasteiger partial charge is 0.368 e. The summed E-state index contributed by atoms with van der Waals surface area (Å²) in [5.41, 5.74) is 1.60. The normalized spacial score (nSPS) is 21.5. The highest BCUT2D eigenvalue weighted by molar-refractivity contribution is 7.16. The molecular weight excluding hydrogens is 314 g/mol. The minimum absolute atomic E-state index is 0.0102.